The monoisotopic (exact) mass is 308 g/mol. The molecule has 0 saturated carbocycles. The number of rotatable bonds is 4. The summed E-state index contributed by atoms with van der Waals surface area (Å²) in [5, 5.41) is 8.36. The minimum atomic E-state index is 0.194. The predicted molar refractivity (Wildman–Crippen MR) is 92.1 cm³/mol. The summed E-state index contributed by atoms with van der Waals surface area (Å²) in [4.78, 5) is 0. The molecule has 2 rings (SSSR count). The Hall–Kier alpha value is -0.570. The molecule has 0 spiro atoms. The van der Waals surface area contributed by atoms with E-state index in [0.717, 1.165) is 11.4 Å². The number of hydrogen-bond acceptors (Lipinski definition) is 2. The van der Waals surface area contributed by atoms with Crippen LogP contribution in [-0.4, -0.2) is 23.2 Å². The number of benzene rings is 1. The Labute approximate surface area is 134 Å². The van der Waals surface area contributed by atoms with E-state index in [0.29, 0.717) is 12.1 Å². The van der Waals surface area contributed by atoms with Crippen molar-refractivity contribution in [2.75, 3.05) is 0 Å². The third-order valence-electron chi connectivity index (χ3n) is 4.17. The molecule has 1 aliphatic heterocycles. The van der Waals surface area contributed by atoms with Gasteiger partial charge >= 0.3 is 0 Å². The zero-order chi connectivity index (χ0) is 15.7. The van der Waals surface area contributed by atoms with Gasteiger partial charge in [-0.05, 0) is 71.6 Å². The second kappa shape index (κ2) is 6.28. The Morgan fingerprint density at radius 1 is 1.14 bits per heavy atom. The predicted octanol–water partition coefficient (Wildman–Crippen LogP) is 4.17. The van der Waals surface area contributed by atoms with Gasteiger partial charge in [-0.15, -0.1) is 0 Å². The molecular weight excluding hydrogens is 280 g/mol. The first-order chi connectivity index (χ1) is 9.65. The van der Waals surface area contributed by atoms with Crippen LogP contribution in [0.2, 0.25) is 5.02 Å². The van der Waals surface area contributed by atoms with Gasteiger partial charge in [0.1, 0.15) is 0 Å². The van der Waals surface area contributed by atoms with Crippen LogP contribution in [0.4, 0.5) is 0 Å². The van der Waals surface area contributed by atoms with Gasteiger partial charge in [-0.3, -0.25) is 0 Å². The third-order valence-corrected chi connectivity index (χ3v) is 4.42. The molecule has 1 aromatic rings. The van der Waals surface area contributed by atoms with Crippen LogP contribution in [-0.2, 0) is 6.42 Å². The average molecular weight is 309 g/mol. The van der Waals surface area contributed by atoms with Crippen LogP contribution >= 0.6 is 11.6 Å². The van der Waals surface area contributed by atoms with Crippen molar-refractivity contribution in [3.8, 4) is 0 Å². The van der Waals surface area contributed by atoms with Crippen molar-refractivity contribution >= 4 is 11.6 Å². The lowest BCUT2D eigenvalue weighted by Crippen LogP contribution is -2.62. The first-order valence-corrected chi connectivity index (χ1v) is 8.33. The molecular formula is C18H29ClN2. The lowest BCUT2D eigenvalue weighted by molar-refractivity contribution is 0.141. The van der Waals surface area contributed by atoms with Crippen molar-refractivity contribution in [3.63, 3.8) is 0 Å². The number of piperidine rings is 1. The quantitative estimate of drug-likeness (QED) is 0.872. The zero-order valence-corrected chi connectivity index (χ0v) is 14.7. The van der Waals surface area contributed by atoms with Crippen molar-refractivity contribution in [3.05, 3.63) is 34.9 Å². The third kappa shape index (κ3) is 5.28. The summed E-state index contributed by atoms with van der Waals surface area (Å²) in [5.74, 6) is 0. The second-order valence-corrected chi connectivity index (χ2v) is 8.33. The van der Waals surface area contributed by atoms with E-state index >= 15 is 0 Å². The second-order valence-electron chi connectivity index (χ2n) is 7.90. The summed E-state index contributed by atoms with van der Waals surface area (Å²) in [6.45, 7) is 11.5. The maximum atomic E-state index is 5.94. The van der Waals surface area contributed by atoms with Gasteiger partial charge < -0.3 is 10.6 Å². The van der Waals surface area contributed by atoms with Gasteiger partial charge in [0, 0.05) is 28.2 Å². The molecule has 0 aliphatic carbocycles. The molecule has 1 heterocycles. The van der Waals surface area contributed by atoms with Crippen LogP contribution in [0.3, 0.4) is 0 Å². The Morgan fingerprint density at radius 2 is 1.67 bits per heavy atom. The van der Waals surface area contributed by atoms with E-state index in [2.05, 4.69) is 57.4 Å². The molecule has 3 heteroatoms. The number of nitrogens with one attached hydrogen (secondary N) is 2. The standard InChI is InChI=1S/C18H29ClN2/c1-13(10-14-6-8-15(19)9-7-14)20-16-11-17(2,3)21-18(4,5)12-16/h6-9,13,16,20-21H,10-12H2,1-5H3. The van der Waals surface area contributed by atoms with Gasteiger partial charge in [0.2, 0.25) is 0 Å². The molecule has 1 aliphatic rings. The largest absolute Gasteiger partial charge is 0.311 e. The fraction of sp³-hybridized carbons (Fsp3) is 0.667. The molecule has 0 amide bonds. The van der Waals surface area contributed by atoms with E-state index in [1.54, 1.807) is 0 Å². The molecule has 118 valence electrons. The van der Waals surface area contributed by atoms with Crippen molar-refractivity contribution in [1.29, 1.82) is 0 Å². The van der Waals surface area contributed by atoms with E-state index in [-0.39, 0.29) is 11.1 Å². The zero-order valence-electron chi connectivity index (χ0n) is 14.0. The van der Waals surface area contributed by atoms with Crippen molar-refractivity contribution in [1.82, 2.24) is 10.6 Å². The first kappa shape index (κ1) is 16.8. The van der Waals surface area contributed by atoms with Crippen LogP contribution < -0.4 is 10.6 Å². The highest BCUT2D eigenvalue weighted by Gasteiger charge is 2.37. The van der Waals surface area contributed by atoms with Crippen molar-refractivity contribution < 1.29 is 0 Å². The maximum Gasteiger partial charge on any atom is 0.0406 e. The molecule has 2 nitrogen and oxygen atoms in total. The van der Waals surface area contributed by atoms with E-state index in [1.807, 2.05) is 12.1 Å². The van der Waals surface area contributed by atoms with E-state index in [4.69, 9.17) is 11.6 Å². The van der Waals surface area contributed by atoms with Crippen LogP contribution in [0.5, 0.6) is 0 Å². The topological polar surface area (TPSA) is 24.1 Å². The minimum absolute atomic E-state index is 0.194. The molecule has 1 fully saturated rings. The summed E-state index contributed by atoms with van der Waals surface area (Å²) >= 11 is 5.94. The summed E-state index contributed by atoms with van der Waals surface area (Å²) in [6.07, 6.45) is 3.38. The van der Waals surface area contributed by atoms with Gasteiger partial charge in [0.25, 0.3) is 0 Å². The van der Waals surface area contributed by atoms with Crippen LogP contribution in [0, 0.1) is 0 Å². The van der Waals surface area contributed by atoms with E-state index in [1.165, 1.54) is 18.4 Å². The molecule has 2 N–H and O–H groups in total. The lowest BCUT2D eigenvalue weighted by Gasteiger charge is -2.47. The smallest absolute Gasteiger partial charge is 0.0406 e. The van der Waals surface area contributed by atoms with Gasteiger partial charge in [0.05, 0.1) is 0 Å². The van der Waals surface area contributed by atoms with E-state index < -0.39 is 0 Å². The average Bonchev–Trinajstić information content (AvgIpc) is 2.27. The lowest BCUT2D eigenvalue weighted by atomic mass is 9.79. The van der Waals surface area contributed by atoms with Crippen LogP contribution in [0.1, 0.15) is 53.0 Å². The highest BCUT2D eigenvalue weighted by molar-refractivity contribution is 6.30. The minimum Gasteiger partial charge on any atom is -0.311 e. The molecule has 1 unspecified atom stereocenters. The number of halogens is 1. The van der Waals surface area contributed by atoms with Crippen molar-refractivity contribution in [2.24, 2.45) is 0 Å². The van der Waals surface area contributed by atoms with Crippen LogP contribution in [0.15, 0.2) is 24.3 Å². The first-order valence-electron chi connectivity index (χ1n) is 7.95. The fourth-order valence-electron chi connectivity index (χ4n) is 3.88. The molecule has 1 aromatic carbocycles. The van der Waals surface area contributed by atoms with Crippen LogP contribution in [0.25, 0.3) is 0 Å². The van der Waals surface area contributed by atoms with Gasteiger partial charge in [0.15, 0.2) is 0 Å². The highest BCUT2D eigenvalue weighted by atomic mass is 35.5. The van der Waals surface area contributed by atoms with E-state index in [9.17, 15) is 0 Å². The van der Waals surface area contributed by atoms with Crippen molar-refractivity contribution in [2.45, 2.75) is 77.0 Å². The molecule has 0 aromatic heterocycles. The fourth-order valence-corrected chi connectivity index (χ4v) is 4.00. The summed E-state index contributed by atoms with van der Waals surface area (Å²) in [6, 6.07) is 9.23. The molecule has 1 atom stereocenters. The Morgan fingerprint density at radius 3 is 2.19 bits per heavy atom. The molecule has 21 heavy (non-hydrogen) atoms. The molecule has 0 radical (unpaired) electrons. The molecule has 1 saturated heterocycles. The normalized spacial score (nSPS) is 23.0. The Balaban J connectivity index is 1.92. The van der Waals surface area contributed by atoms with Gasteiger partial charge in [-0.1, -0.05) is 23.7 Å². The highest BCUT2D eigenvalue weighted by Crippen LogP contribution is 2.28. The summed E-state index contributed by atoms with van der Waals surface area (Å²) in [5.41, 5.74) is 1.73. The van der Waals surface area contributed by atoms with Gasteiger partial charge in [-0.2, -0.15) is 0 Å². The Kier molecular flexibility index (Phi) is 5.02. The summed E-state index contributed by atoms with van der Waals surface area (Å²) < 4.78 is 0. The Bertz CT molecular complexity index is 449. The number of hydrogen-bond donors (Lipinski definition) is 2. The summed E-state index contributed by atoms with van der Waals surface area (Å²) in [7, 11) is 0. The molecule has 0 bridgehead atoms. The van der Waals surface area contributed by atoms with Gasteiger partial charge in [-0.25, -0.2) is 0 Å². The SMILES string of the molecule is CC(Cc1ccc(Cl)cc1)NC1CC(C)(C)NC(C)(C)C1. The maximum absolute atomic E-state index is 5.94.